The number of nitrogens with zero attached hydrogens (tertiary/aromatic N) is 3. The normalized spacial score (nSPS) is 11.9. The van der Waals surface area contributed by atoms with E-state index in [2.05, 4.69) is 10.1 Å². The van der Waals surface area contributed by atoms with Crippen LogP contribution in [0.2, 0.25) is 0 Å². The van der Waals surface area contributed by atoms with Gasteiger partial charge in [0.05, 0.1) is 11.1 Å². The van der Waals surface area contributed by atoms with E-state index in [1.807, 2.05) is 0 Å². The van der Waals surface area contributed by atoms with Crippen molar-refractivity contribution in [3.8, 4) is 22.4 Å². The largest absolute Gasteiger partial charge is 0.417 e. The van der Waals surface area contributed by atoms with E-state index >= 15 is 0 Å². The molecule has 0 aliphatic rings. The summed E-state index contributed by atoms with van der Waals surface area (Å²) in [6, 6.07) is 10.4. The Bertz CT molecular complexity index is 1130. The van der Waals surface area contributed by atoms with Gasteiger partial charge < -0.3 is 0 Å². The Morgan fingerprint density at radius 2 is 1.63 bits per heavy atom. The molecule has 0 fully saturated rings. The molecule has 1 aromatic carbocycles. The molecule has 3 nitrogen and oxygen atoms in total. The predicted molar refractivity (Wildman–Crippen MR) is 88.8 cm³/mol. The van der Waals surface area contributed by atoms with E-state index in [-0.39, 0.29) is 22.3 Å². The zero-order valence-corrected chi connectivity index (χ0v) is 13.5. The number of alkyl halides is 3. The molecule has 0 aliphatic carbocycles. The van der Waals surface area contributed by atoms with Crippen molar-refractivity contribution in [1.29, 1.82) is 0 Å². The summed E-state index contributed by atoms with van der Waals surface area (Å²) in [7, 11) is 0. The van der Waals surface area contributed by atoms with Crippen LogP contribution in [-0.2, 0) is 6.18 Å². The van der Waals surface area contributed by atoms with Crippen molar-refractivity contribution in [3.63, 3.8) is 0 Å². The lowest BCUT2D eigenvalue weighted by molar-refractivity contribution is -0.137. The van der Waals surface area contributed by atoms with Gasteiger partial charge in [0.15, 0.2) is 0 Å². The summed E-state index contributed by atoms with van der Waals surface area (Å²) in [5, 5.41) is 4.20. The van der Waals surface area contributed by atoms with Gasteiger partial charge >= 0.3 is 6.18 Å². The molecule has 27 heavy (non-hydrogen) atoms. The molecule has 4 rings (SSSR count). The van der Waals surface area contributed by atoms with Crippen molar-refractivity contribution in [2.75, 3.05) is 0 Å². The van der Waals surface area contributed by atoms with Crippen LogP contribution >= 0.6 is 0 Å². The fourth-order valence-electron chi connectivity index (χ4n) is 2.86. The molecule has 4 aromatic rings. The highest BCUT2D eigenvalue weighted by Crippen LogP contribution is 2.37. The standard InChI is InChI=1S/C19H10F5N3/c20-13-6-3-11(4-7-13)17-16(14-2-1-9-25-18(14)21)15-8-5-12(19(22,23)24)10-27(15)26-17/h1-10H. The Morgan fingerprint density at radius 1 is 0.889 bits per heavy atom. The van der Waals surface area contributed by atoms with E-state index in [0.717, 1.165) is 16.8 Å². The molecule has 3 aromatic heterocycles. The highest BCUT2D eigenvalue weighted by Gasteiger charge is 2.31. The van der Waals surface area contributed by atoms with Gasteiger partial charge in [0.1, 0.15) is 11.5 Å². The summed E-state index contributed by atoms with van der Waals surface area (Å²) in [5.41, 5.74) is 0.413. The van der Waals surface area contributed by atoms with E-state index in [1.165, 1.54) is 48.7 Å². The van der Waals surface area contributed by atoms with Crippen LogP contribution in [0.5, 0.6) is 0 Å². The fourth-order valence-corrected chi connectivity index (χ4v) is 2.86. The Balaban J connectivity index is 2.04. The van der Waals surface area contributed by atoms with Crippen LogP contribution in [0.25, 0.3) is 27.9 Å². The molecule has 0 saturated heterocycles. The van der Waals surface area contributed by atoms with E-state index < -0.39 is 23.5 Å². The topological polar surface area (TPSA) is 30.2 Å². The molecular formula is C19H10F5N3. The van der Waals surface area contributed by atoms with E-state index in [0.29, 0.717) is 5.56 Å². The second-order valence-corrected chi connectivity index (χ2v) is 5.82. The third kappa shape index (κ3) is 3.03. The highest BCUT2D eigenvalue weighted by molar-refractivity contribution is 5.92. The van der Waals surface area contributed by atoms with Crippen LogP contribution < -0.4 is 0 Å². The van der Waals surface area contributed by atoms with Gasteiger partial charge in [-0.05, 0) is 48.5 Å². The van der Waals surface area contributed by atoms with Crippen molar-refractivity contribution in [2.24, 2.45) is 0 Å². The lowest BCUT2D eigenvalue weighted by atomic mass is 10.0. The van der Waals surface area contributed by atoms with Gasteiger partial charge in [-0.15, -0.1) is 0 Å². The maximum absolute atomic E-state index is 14.3. The monoisotopic (exact) mass is 375 g/mol. The van der Waals surface area contributed by atoms with Crippen LogP contribution in [0.1, 0.15) is 5.56 Å². The molecule has 0 amide bonds. The lowest BCUT2D eigenvalue weighted by Gasteiger charge is -2.07. The first kappa shape index (κ1) is 17.1. The SMILES string of the molecule is Fc1ccc(-c2nn3cc(C(F)(F)F)ccc3c2-c2cccnc2F)cc1. The number of hydrogen-bond donors (Lipinski definition) is 0. The number of hydrogen-bond acceptors (Lipinski definition) is 2. The maximum Gasteiger partial charge on any atom is 0.417 e. The zero-order chi connectivity index (χ0) is 19.2. The highest BCUT2D eigenvalue weighted by atomic mass is 19.4. The second kappa shape index (κ2) is 6.15. The molecule has 3 heterocycles. The van der Waals surface area contributed by atoms with Gasteiger partial charge in [-0.1, -0.05) is 0 Å². The Hall–Kier alpha value is -3.29. The van der Waals surface area contributed by atoms with Gasteiger partial charge in [-0.2, -0.15) is 22.7 Å². The van der Waals surface area contributed by atoms with Gasteiger partial charge in [-0.3, -0.25) is 0 Å². The maximum atomic E-state index is 14.3. The third-order valence-corrected chi connectivity index (χ3v) is 4.10. The summed E-state index contributed by atoms with van der Waals surface area (Å²) < 4.78 is 67.7. The molecule has 136 valence electrons. The van der Waals surface area contributed by atoms with Crippen molar-refractivity contribution in [3.05, 3.63) is 78.3 Å². The summed E-state index contributed by atoms with van der Waals surface area (Å²) >= 11 is 0. The van der Waals surface area contributed by atoms with Crippen LogP contribution in [-0.4, -0.2) is 14.6 Å². The first-order chi connectivity index (χ1) is 12.8. The fraction of sp³-hybridized carbons (Fsp3) is 0.0526. The second-order valence-electron chi connectivity index (χ2n) is 5.82. The third-order valence-electron chi connectivity index (χ3n) is 4.10. The van der Waals surface area contributed by atoms with E-state index in [1.54, 1.807) is 0 Å². The number of pyridine rings is 2. The summed E-state index contributed by atoms with van der Waals surface area (Å²) in [4.78, 5) is 3.60. The molecule has 0 bridgehead atoms. The minimum Gasteiger partial charge on any atom is -0.239 e. The van der Waals surface area contributed by atoms with Crippen molar-refractivity contribution in [1.82, 2.24) is 14.6 Å². The Kier molecular flexibility index (Phi) is 3.91. The first-order valence-corrected chi connectivity index (χ1v) is 7.81. The summed E-state index contributed by atoms with van der Waals surface area (Å²) in [5.74, 6) is -1.26. The van der Waals surface area contributed by atoms with Crippen LogP contribution in [0, 0.1) is 11.8 Å². The quantitative estimate of drug-likeness (QED) is 0.349. The van der Waals surface area contributed by atoms with Crippen molar-refractivity contribution >= 4 is 5.52 Å². The smallest absolute Gasteiger partial charge is 0.239 e. The van der Waals surface area contributed by atoms with Gasteiger partial charge in [0.2, 0.25) is 5.95 Å². The molecular weight excluding hydrogens is 365 g/mol. The first-order valence-electron chi connectivity index (χ1n) is 7.81. The van der Waals surface area contributed by atoms with Gasteiger partial charge in [0.25, 0.3) is 0 Å². The zero-order valence-electron chi connectivity index (χ0n) is 13.5. The van der Waals surface area contributed by atoms with E-state index in [9.17, 15) is 22.0 Å². The minimum absolute atomic E-state index is 0.0894. The van der Waals surface area contributed by atoms with Crippen molar-refractivity contribution in [2.45, 2.75) is 6.18 Å². The molecule has 0 spiro atoms. The Morgan fingerprint density at radius 3 is 2.30 bits per heavy atom. The molecule has 0 radical (unpaired) electrons. The number of benzene rings is 1. The molecule has 0 unspecified atom stereocenters. The molecule has 0 aliphatic heterocycles. The number of aromatic nitrogens is 3. The lowest BCUT2D eigenvalue weighted by Crippen LogP contribution is -2.06. The number of halogens is 5. The molecule has 0 atom stereocenters. The van der Waals surface area contributed by atoms with Crippen LogP contribution in [0.15, 0.2) is 60.9 Å². The predicted octanol–water partition coefficient (Wildman–Crippen LogP) is 5.36. The van der Waals surface area contributed by atoms with Crippen molar-refractivity contribution < 1.29 is 22.0 Å². The van der Waals surface area contributed by atoms with E-state index in [4.69, 9.17) is 0 Å². The Labute approximate surface area is 149 Å². The van der Waals surface area contributed by atoms with Crippen LogP contribution in [0.4, 0.5) is 22.0 Å². The molecule has 8 heteroatoms. The summed E-state index contributed by atoms with van der Waals surface area (Å²) in [6.07, 6.45) is -2.44. The molecule has 0 N–H and O–H groups in total. The van der Waals surface area contributed by atoms with Gasteiger partial charge in [0, 0.05) is 29.1 Å². The van der Waals surface area contributed by atoms with Gasteiger partial charge in [-0.25, -0.2) is 13.9 Å². The number of rotatable bonds is 2. The minimum atomic E-state index is -4.55. The summed E-state index contributed by atoms with van der Waals surface area (Å²) in [6.45, 7) is 0. The average molecular weight is 375 g/mol. The average Bonchev–Trinajstić information content (AvgIpc) is 3.00. The van der Waals surface area contributed by atoms with Crippen LogP contribution in [0.3, 0.4) is 0 Å². The number of fused-ring (bicyclic) bond motifs is 1. The molecule has 0 saturated carbocycles.